The standard InChI is InChI=1S/C13H17BrN2O3/c1-8(2)6-11(17)16-10(13(18)19)7-9-4-3-5-15-12(9)14/h3-5,8,10H,6-7H2,1-2H3,(H,16,17)(H,18,19)/t10-/m0/s1. The number of halogens is 1. The molecule has 1 aromatic rings. The van der Waals surface area contributed by atoms with Gasteiger partial charge in [-0.3, -0.25) is 4.79 Å². The van der Waals surface area contributed by atoms with Crippen LogP contribution in [0.5, 0.6) is 0 Å². The van der Waals surface area contributed by atoms with Gasteiger partial charge in [0.05, 0.1) is 0 Å². The van der Waals surface area contributed by atoms with Crippen LogP contribution in [0.1, 0.15) is 25.8 Å². The Bertz CT molecular complexity index is 463. The molecule has 6 heteroatoms. The number of pyridine rings is 1. The normalized spacial score (nSPS) is 12.2. The lowest BCUT2D eigenvalue weighted by atomic mass is 10.1. The van der Waals surface area contributed by atoms with Crippen molar-refractivity contribution in [1.82, 2.24) is 10.3 Å². The molecule has 0 saturated carbocycles. The Morgan fingerprint density at radius 3 is 2.68 bits per heavy atom. The van der Waals surface area contributed by atoms with Gasteiger partial charge in [0.1, 0.15) is 10.6 Å². The van der Waals surface area contributed by atoms with Gasteiger partial charge >= 0.3 is 5.97 Å². The molecule has 1 rings (SSSR count). The summed E-state index contributed by atoms with van der Waals surface area (Å²) in [5, 5.41) is 11.7. The number of carbonyl (C=O) groups excluding carboxylic acids is 1. The van der Waals surface area contributed by atoms with Crippen molar-refractivity contribution in [2.75, 3.05) is 0 Å². The minimum absolute atomic E-state index is 0.194. The van der Waals surface area contributed by atoms with Gasteiger partial charge in [-0.1, -0.05) is 19.9 Å². The molecule has 0 fully saturated rings. The molecule has 0 aliphatic rings. The third kappa shape index (κ3) is 5.38. The lowest BCUT2D eigenvalue weighted by molar-refractivity contribution is -0.141. The van der Waals surface area contributed by atoms with Crippen molar-refractivity contribution in [3.63, 3.8) is 0 Å². The Morgan fingerprint density at radius 1 is 1.47 bits per heavy atom. The predicted molar refractivity (Wildman–Crippen MR) is 74.7 cm³/mol. The third-order valence-electron chi connectivity index (χ3n) is 2.49. The highest BCUT2D eigenvalue weighted by Gasteiger charge is 2.21. The molecule has 5 nitrogen and oxygen atoms in total. The number of nitrogens with one attached hydrogen (secondary N) is 1. The summed E-state index contributed by atoms with van der Waals surface area (Å²) in [7, 11) is 0. The zero-order valence-electron chi connectivity index (χ0n) is 10.9. The number of aromatic nitrogens is 1. The van der Waals surface area contributed by atoms with Crippen LogP contribution >= 0.6 is 15.9 Å². The molecular weight excluding hydrogens is 312 g/mol. The van der Waals surface area contributed by atoms with Gasteiger partial charge in [0.2, 0.25) is 5.91 Å². The van der Waals surface area contributed by atoms with E-state index in [1.165, 1.54) is 0 Å². The second kappa shape index (κ2) is 7.23. The second-order valence-corrected chi connectivity index (χ2v) is 5.46. The Balaban J connectivity index is 2.71. The first-order valence-corrected chi connectivity index (χ1v) is 6.81. The van der Waals surface area contributed by atoms with Crippen LogP contribution in [0.3, 0.4) is 0 Å². The zero-order valence-corrected chi connectivity index (χ0v) is 12.5. The molecule has 0 bridgehead atoms. The van der Waals surface area contributed by atoms with E-state index in [0.717, 1.165) is 5.56 Å². The van der Waals surface area contributed by atoms with E-state index in [-0.39, 0.29) is 18.2 Å². The van der Waals surface area contributed by atoms with Gasteiger partial charge in [-0.15, -0.1) is 0 Å². The maximum atomic E-state index is 11.6. The number of carbonyl (C=O) groups is 2. The van der Waals surface area contributed by atoms with Crippen LogP contribution in [0.4, 0.5) is 0 Å². The number of rotatable bonds is 6. The van der Waals surface area contributed by atoms with Crippen LogP contribution in [0, 0.1) is 5.92 Å². The first kappa shape index (κ1) is 15.6. The van der Waals surface area contributed by atoms with Crippen LogP contribution in [0.25, 0.3) is 0 Å². The first-order chi connectivity index (χ1) is 8.90. The van der Waals surface area contributed by atoms with Gasteiger partial charge in [-0.05, 0) is 33.5 Å². The highest BCUT2D eigenvalue weighted by molar-refractivity contribution is 9.10. The molecule has 0 radical (unpaired) electrons. The maximum Gasteiger partial charge on any atom is 0.326 e. The highest BCUT2D eigenvalue weighted by Crippen LogP contribution is 2.15. The predicted octanol–water partition coefficient (Wildman–Crippen LogP) is 2.00. The van der Waals surface area contributed by atoms with E-state index in [1.807, 2.05) is 13.8 Å². The fourth-order valence-electron chi connectivity index (χ4n) is 1.62. The van der Waals surface area contributed by atoms with E-state index in [9.17, 15) is 9.59 Å². The van der Waals surface area contributed by atoms with Crippen LogP contribution in [0.2, 0.25) is 0 Å². The molecular formula is C13H17BrN2O3. The topological polar surface area (TPSA) is 79.3 Å². The molecule has 0 spiro atoms. The minimum atomic E-state index is -1.05. The largest absolute Gasteiger partial charge is 0.480 e. The summed E-state index contributed by atoms with van der Waals surface area (Å²) in [5.41, 5.74) is 0.750. The Morgan fingerprint density at radius 2 is 2.16 bits per heavy atom. The summed E-state index contributed by atoms with van der Waals surface area (Å²) >= 11 is 3.26. The molecule has 0 aromatic carbocycles. The van der Waals surface area contributed by atoms with E-state index in [0.29, 0.717) is 11.0 Å². The summed E-state index contributed by atoms with van der Waals surface area (Å²) < 4.78 is 0.597. The Labute approximate surface area is 120 Å². The molecule has 0 aliphatic heterocycles. The van der Waals surface area contributed by atoms with Gasteiger partial charge < -0.3 is 10.4 Å². The van der Waals surface area contributed by atoms with Crippen molar-refractivity contribution in [2.24, 2.45) is 5.92 Å². The van der Waals surface area contributed by atoms with E-state index in [1.54, 1.807) is 18.3 Å². The van der Waals surface area contributed by atoms with Crippen LogP contribution in [0.15, 0.2) is 22.9 Å². The van der Waals surface area contributed by atoms with Gasteiger partial charge in [-0.2, -0.15) is 0 Å². The molecule has 0 saturated heterocycles. The summed E-state index contributed by atoms with van der Waals surface area (Å²) in [4.78, 5) is 26.9. The summed E-state index contributed by atoms with van der Waals surface area (Å²) in [6.45, 7) is 3.82. The van der Waals surface area contributed by atoms with Crippen molar-refractivity contribution in [3.8, 4) is 0 Å². The van der Waals surface area contributed by atoms with Gasteiger partial charge in [0, 0.05) is 19.0 Å². The first-order valence-electron chi connectivity index (χ1n) is 6.01. The van der Waals surface area contributed by atoms with Crippen LogP contribution < -0.4 is 5.32 Å². The fourth-order valence-corrected chi connectivity index (χ4v) is 2.03. The van der Waals surface area contributed by atoms with Crippen molar-refractivity contribution < 1.29 is 14.7 Å². The summed E-state index contributed by atoms with van der Waals surface area (Å²) in [5.74, 6) is -1.10. The summed E-state index contributed by atoms with van der Waals surface area (Å²) in [6.07, 6.45) is 2.13. The minimum Gasteiger partial charge on any atom is -0.480 e. The van der Waals surface area contributed by atoms with Crippen molar-refractivity contribution in [2.45, 2.75) is 32.7 Å². The average molecular weight is 329 g/mol. The van der Waals surface area contributed by atoms with Crippen molar-refractivity contribution in [3.05, 3.63) is 28.5 Å². The molecule has 0 aliphatic carbocycles. The van der Waals surface area contributed by atoms with Crippen LogP contribution in [-0.4, -0.2) is 28.0 Å². The highest BCUT2D eigenvalue weighted by atomic mass is 79.9. The van der Waals surface area contributed by atoms with Gasteiger partial charge in [0.15, 0.2) is 0 Å². The number of hydrogen-bond acceptors (Lipinski definition) is 3. The quantitative estimate of drug-likeness (QED) is 0.783. The molecule has 2 N–H and O–H groups in total. The van der Waals surface area contributed by atoms with Crippen LogP contribution in [-0.2, 0) is 16.0 Å². The molecule has 1 heterocycles. The smallest absolute Gasteiger partial charge is 0.326 e. The lowest BCUT2D eigenvalue weighted by Gasteiger charge is -2.16. The monoisotopic (exact) mass is 328 g/mol. The molecule has 0 unspecified atom stereocenters. The number of carboxylic acid groups (broad SMARTS) is 1. The zero-order chi connectivity index (χ0) is 14.4. The Hall–Kier alpha value is -1.43. The third-order valence-corrected chi connectivity index (χ3v) is 3.20. The fraction of sp³-hybridized carbons (Fsp3) is 0.462. The second-order valence-electron chi connectivity index (χ2n) is 4.71. The molecule has 19 heavy (non-hydrogen) atoms. The van der Waals surface area contributed by atoms with Crippen molar-refractivity contribution >= 4 is 27.8 Å². The molecule has 104 valence electrons. The number of amides is 1. The van der Waals surface area contributed by atoms with E-state index < -0.39 is 12.0 Å². The lowest BCUT2D eigenvalue weighted by Crippen LogP contribution is -2.42. The number of aliphatic carboxylic acids is 1. The summed E-state index contributed by atoms with van der Waals surface area (Å²) in [6, 6.07) is 2.57. The molecule has 1 amide bonds. The Kier molecular flexibility index (Phi) is 5.95. The number of carboxylic acids is 1. The number of hydrogen-bond donors (Lipinski definition) is 2. The van der Waals surface area contributed by atoms with Crippen molar-refractivity contribution in [1.29, 1.82) is 0 Å². The van der Waals surface area contributed by atoms with Gasteiger partial charge in [-0.25, -0.2) is 9.78 Å². The maximum absolute atomic E-state index is 11.6. The molecule has 1 atom stereocenters. The van der Waals surface area contributed by atoms with E-state index in [4.69, 9.17) is 5.11 Å². The van der Waals surface area contributed by atoms with E-state index in [2.05, 4.69) is 26.2 Å². The van der Waals surface area contributed by atoms with E-state index >= 15 is 0 Å². The number of nitrogens with zero attached hydrogens (tertiary/aromatic N) is 1. The molecule has 1 aromatic heterocycles. The SMILES string of the molecule is CC(C)CC(=O)N[C@@H](Cc1cccnc1Br)C(=O)O. The average Bonchev–Trinajstić information content (AvgIpc) is 2.29. The van der Waals surface area contributed by atoms with Gasteiger partial charge in [0.25, 0.3) is 0 Å².